The first kappa shape index (κ1) is 7.66. The molecule has 2 rings (SSSR count). The normalized spacial score (nSPS) is 10.2. The third-order valence-electron chi connectivity index (χ3n) is 1.48. The minimum absolute atomic E-state index is 0.0150. The van der Waals surface area contributed by atoms with E-state index in [2.05, 4.69) is 19.8 Å². The molecule has 0 aliphatic heterocycles. The van der Waals surface area contributed by atoms with Crippen LogP contribution in [0.25, 0.3) is 5.78 Å². The van der Waals surface area contributed by atoms with Crippen LogP contribution in [0.3, 0.4) is 0 Å². The van der Waals surface area contributed by atoms with Crippen molar-refractivity contribution in [2.45, 2.75) is 0 Å². The molecular formula is C7H6N4O2. The van der Waals surface area contributed by atoms with Crippen LogP contribution >= 0.6 is 0 Å². The van der Waals surface area contributed by atoms with Gasteiger partial charge in [0, 0.05) is 12.4 Å². The van der Waals surface area contributed by atoms with E-state index in [4.69, 9.17) is 0 Å². The summed E-state index contributed by atoms with van der Waals surface area (Å²) < 4.78 is 5.87. The average molecular weight is 178 g/mol. The molecule has 0 unspecified atom stereocenters. The number of esters is 1. The summed E-state index contributed by atoms with van der Waals surface area (Å²) in [7, 11) is 1.28. The van der Waals surface area contributed by atoms with Crippen molar-refractivity contribution in [3.05, 3.63) is 24.3 Å². The molecule has 0 aliphatic rings. The van der Waals surface area contributed by atoms with Crippen molar-refractivity contribution in [1.29, 1.82) is 0 Å². The summed E-state index contributed by atoms with van der Waals surface area (Å²) in [5.74, 6) is -0.172. The number of hydrogen-bond acceptors (Lipinski definition) is 5. The molecule has 0 bridgehead atoms. The zero-order valence-electron chi connectivity index (χ0n) is 6.84. The van der Waals surface area contributed by atoms with E-state index in [1.807, 2.05) is 0 Å². The molecule has 2 heterocycles. The highest BCUT2D eigenvalue weighted by Gasteiger charge is 2.12. The van der Waals surface area contributed by atoms with Gasteiger partial charge in [-0.3, -0.25) is 0 Å². The number of fused-ring (bicyclic) bond motifs is 1. The van der Waals surface area contributed by atoms with Gasteiger partial charge in [0.05, 0.1) is 7.11 Å². The fraction of sp³-hybridized carbons (Fsp3) is 0.143. The molecule has 0 spiro atoms. The van der Waals surface area contributed by atoms with Gasteiger partial charge in [0.2, 0.25) is 0 Å². The van der Waals surface area contributed by atoms with Crippen molar-refractivity contribution in [1.82, 2.24) is 19.6 Å². The largest absolute Gasteiger partial charge is 0.463 e. The van der Waals surface area contributed by atoms with Crippen LogP contribution in [0.4, 0.5) is 0 Å². The van der Waals surface area contributed by atoms with E-state index < -0.39 is 5.97 Å². The zero-order chi connectivity index (χ0) is 9.26. The van der Waals surface area contributed by atoms with Gasteiger partial charge < -0.3 is 4.74 Å². The topological polar surface area (TPSA) is 69.4 Å². The Balaban J connectivity index is 2.56. The predicted octanol–water partition coefficient (Wildman–Crippen LogP) is -0.0891. The van der Waals surface area contributed by atoms with Crippen LogP contribution in [-0.4, -0.2) is 32.7 Å². The fourth-order valence-corrected chi connectivity index (χ4v) is 0.911. The van der Waals surface area contributed by atoms with Crippen molar-refractivity contribution in [2.24, 2.45) is 0 Å². The number of nitrogens with zero attached hydrogens (tertiary/aromatic N) is 4. The summed E-state index contributed by atoms with van der Waals surface area (Å²) >= 11 is 0. The maximum Gasteiger partial charge on any atom is 0.378 e. The number of rotatable bonds is 1. The molecule has 0 amide bonds. The second-order valence-electron chi connectivity index (χ2n) is 2.29. The van der Waals surface area contributed by atoms with E-state index in [0.29, 0.717) is 5.78 Å². The van der Waals surface area contributed by atoms with E-state index in [1.165, 1.54) is 11.6 Å². The highest BCUT2D eigenvalue weighted by molar-refractivity contribution is 5.85. The Morgan fingerprint density at radius 3 is 3.15 bits per heavy atom. The molecule has 0 N–H and O–H groups in total. The van der Waals surface area contributed by atoms with Gasteiger partial charge in [0.15, 0.2) is 0 Å². The Morgan fingerprint density at radius 1 is 1.62 bits per heavy atom. The third kappa shape index (κ3) is 1.22. The molecule has 0 fully saturated rings. The first-order valence-electron chi connectivity index (χ1n) is 3.57. The van der Waals surface area contributed by atoms with Crippen molar-refractivity contribution in [3.63, 3.8) is 0 Å². The SMILES string of the molecule is COC(=O)c1nc2ncccn2n1. The molecule has 0 saturated carbocycles. The molecular weight excluding hydrogens is 172 g/mol. The molecule has 0 radical (unpaired) electrons. The van der Waals surface area contributed by atoms with Crippen molar-refractivity contribution >= 4 is 11.7 Å². The van der Waals surface area contributed by atoms with Crippen LogP contribution in [0, 0.1) is 0 Å². The van der Waals surface area contributed by atoms with Crippen LogP contribution in [0.5, 0.6) is 0 Å². The maximum absolute atomic E-state index is 11.0. The lowest BCUT2D eigenvalue weighted by Crippen LogP contribution is -2.03. The van der Waals surface area contributed by atoms with Crippen molar-refractivity contribution in [3.8, 4) is 0 Å². The summed E-state index contributed by atoms with van der Waals surface area (Å²) in [6, 6.07) is 1.70. The van der Waals surface area contributed by atoms with E-state index >= 15 is 0 Å². The predicted molar refractivity (Wildman–Crippen MR) is 42.1 cm³/mol. The van der Waals surface area contributed by atoms with Gasteiger partial charge in [0.1, 0.15) is 0 Å². The van der Waals surface area contributed by atoms with E-state index in [1.54, 1.807) is 18.5 Å². The summed E-state index contributed by atoms with van der Waals surface area (Å²) in [6.07, 6.45) is 3.23. The molecule has 6 heteroatoms. The maximum atomic E-state index is 11.0. The number of carbonyl (C=O) groups excluding carboxylic acids is 1. The van der Waals surface area contributed by atoms with E-state index in [9.17, 15) is 4.79 Å². The number of methoxy groups -OCH3 is 1. The van der Waals surface area contributed by atoms with Gasteiger partial charge in [0.25, 0.3) is 11.6 Å². The van der Waals surface area contributed by atoms with Gasteiger partial charge >= 0.3 is 5.97 Å². The molecule has 0 aromatic carbocycles. The van der Waals surface area contributed by atoms with Gasteiger partial charge in [-0.25, -0.2) is 14.3 Å². The molecule has 13 heavy (non-hydrogen) atoms. The summed E-state index contributed by atoms with van der Waals surface area (Å²) in [4.78, 5) is 18.7. The lowest BCUT2D eigenvalue weighted by molar-refractivity contribution is 0.0587. The number of aromatic nitrogens is 4. The number of ether oxygens (including phenoxy) is 1. The monoisotopic (exact) mass is 178 g/mol. The summed E-state index contributed by atoms with van der Waals surface area (Å²) in [5.41, 5.74) is 0. The zero-order valence-corrected chi connectivity index (χ0v) is 6.84. The van der Waals surface area contributed by atoms with Crippen molar-refractivity contribution < 1.29 is 9.53 Å². The Morgan fingerprint density at radius 2 is 2.46 bits per heavy atom. The van der Waals surface area contributed by atoms with Crippen LogP contribution in [0.1, 0.15) is 10.6 Å². The second kappa shape index (κ2) is 2.81. The number of carbonyl (C=O) groups is 1. The summed E-state index contributed by atoms with van der Waals surface area (Å²) in [6.45, 7) is 0. The molecule has 6 nitrogen and oxygen atoms in total. The minimum Gasteiger partial charge on any atom is -0.463 e. The quantitative estimate of drug-likeness (QED) is 0.571. The molecule has 2 aromatic heterocycles. The molecule has 2 aromatic rings. The molecule has 66 valence electrons. The molecule has 0 atom stereocenters. The van der Waals surface area contributed by atoms with E-state index in [-0.39, 0.29) is 5.82 Å². The first-order chi connectivity index (χ1) is 6.31. The van der Waals surface area contributed by atoms with Crippen LogP contribution in [-0.2, 0) is 4.74 Å². The van der Waals surface area contributed by atoms with E-state index in [0.717, 1.165) is 0 Å². The Kier molecular flexibility index (Phi) is 1.66. The van der Waals surface area contributed by atoms with Crippen LogP contribution in [0.2, 0.25) is 0 Å². The average Bonchev–Trinajstić information content (AvgIpc) is 2.59. The van der Waals surface area contributed by atoms with Crippen molar-refractivity contribution in [2.75, 3.05) is 7.11 Å². The highest BCUT2D eigenvalue weighted by atomic mass is 16.5. The van der Waals surface area contributed by atoms with Crippen LogP contribution in [0.15, 0.2) is 18.5 Å². The summed E-state index contributed by atoms with van der Waals surface area (Å²) in [5, 5.41) is 3.85. The molecule has 0 saturated heterocycles. The standard InChI is InChI=1S/C7H6N4O2/c1-13-6(12)5-9-7-8-3-2-4-11(7)10-5/h2-4H,1H3. The smallest absolute Gasteiger partial charge is 0.378 e. The minimum atomic E-state index is -0.564. The lowest BCUT2D eigenvalue weighted by Gasteiger charge is -1.88. The Labute approximate surface area is 73.2 Å². The number of hydrogen-bond donors (Lipinski definition) is 0. The fourth-order valence-electron chi connectivity index (χ4n) is 0.911. The van der Waals surface area contributed by atoms with Gasteiger partial charge in [-0.2, -0.15) is 4.98 Å². The molecule has 0 aliphatic carbocycles. The third-order valence-corrected chi connectivity index (χ3v) is 1.48. The second-order valence-corrected chi connectivity index (χ2v) is 2.29. The first-order valence-corrected chi connectivity index (χ1v) is 3.57. The Bertz CT molecular complexity index is 417. The lowest BCUT2D eigenvalue weighted by atomic mass is 10.6. The van der Waals surface area contributed by atoms with Gasteiger partial charge in [-0.15, -0.1) is 5.10 Å². The van der Waals surface area contributed by atoms with Gasteiger partial charge in [-0.05, 0) is 6.07 Å². The Hall–Kier alpha value is -1.98. The van der Waals surface area contributed by atoms with Crippen LogP contribution < -0.4 is 0 Å². The van der Waals surface area contributed by atoms with Gasteiger partial charge in [-0.1, -0.05) is 0 Å². The highest BCUT2D eigenvalue weighted by Crippen LogP contribution is 1.97.